The van der Waals surface area contributed by atoms with E-state index in [0.717, 1.165) is 0 Å². The normalized spacial score (nSPS) is 10.4. The topological polar surface area (TPSA) is 50.2 Å². The van der Waals surface area contributed by atoms with Crippen molar-refractivity contribution in [2.75, 3.05) is 0 Å². The van der Waals surface area contributed by atoms with E-state index >= 15 is 0 Å². The molecule has 18 heavy (non-hydrogen) atoms. The zero-order valence-corrected chi connectivity index (χ0v) is 10.3. The highest BCUT2D eigenvalue weighted by atomic mass is 35.5. The standard InChI is InChI=1S/C12H6Cl2FNO2/c13-9-3-1-2-7(10(9)14)6-4-8(12(17)18)11(15)16-5-6/h1-5H,(H,17,18). The summed E-state index contributed by atoms with van der Waals surface area (Å²) in [5.74, 6) is -2.43. The Balaban J connectivity index is 2.62. The lowest BCUT2D eigenvalue weighted by molar-refractivity contribution is 0.0691. The molecule has 92 valence electrons. The second-order valence-corrected chi connectivity index (χ2v) is 4.25. The summed E-state index contributed by atoms with van der Waals surface area (Å²) >= 11 is 11.9. The molecule has 1 heterocycles. The van der Waals surface area contributed by atoms with Crippen molar-refractivity contribution in [1.29, 1.82) is 0 Å². The van der Waals surface area contributed by atoms with Crippen LogP contribution in [0.3, 0.4) is 0 Å². The van der Waals surface area contributed by atoms with E-state index in [4.69, 9.17) is 28.3 Å². The van der Waals surface area contributed by atoms with Crippen molar-refractivity contribution in [2.45, 2.75) is 0 Å². The molecule has 0 spiro atoms. The number of carboxylic acid groups (broad SMARTS) is 1. The molecular formula is C12H6Cl2FNO2. The highest BCUT2D eigenvalue weighted by Gasteiger charge is 2.15. The summed E-state index contributed by atoms with van der Waals surface area (Å²) in [6.07, 6.45) is 1.21. The molecule has 0 fully saturated rings. The van der Waals surface area contributed by atoms with E-state index in [1.165, 1.54) is 12.3 Å². The lowest BCUT2D eigenvalue weighted by atomic mass is 10.1. The Morgan fingerprint density at radius 1 is 1.33 bits per heavy atom. The van der Waals surface area contributed by atoms with Crippen molar-refractivity contribution in [3.8, 4) is 11.1 Å². The molecule has 0 aliphatic rings. The van der Waals surface area contributed by atoms with Crippen LogP contribution in [0.2, 0.25) is 10.0 Å². The molecular weight excluding hydrogens is 280 g/mol. The highest BCUT2D eigenvalue weighted by molar-refractivity contribution is 6.43. The average molecular weight is 286 g/mol. The summed E-state index contributed by atoms with van der Waals surface area (Å²) in [6.45, 7) is 0. The third-order valence-electron chi connectivity index (χ3n) is 2.33. The van der Waals surface area contributed by atoms with Crippen molar-refractivity contribution in [1.82, 2.24) is 4.98 Å². The van der Waals surface area contributed by atoms with Crippen LogP contribution in [-0.2, 0) is 0 Å². The van der Waals surface area contributed by atoms with Gasteiger partial charge in [0.1, 0.15) is 5.56 Å². The van der Waals surface area contributed by atoms with Gasteiger partial charge in [-0.3, -0.25) is 0 Å². The molecule has 0 radical (unpaired) electrons. The van der Waals surface area contributed by atoms with Crippen molar-refractivity contribution in [2.24, 2.45) is 0 Å². The monoisotopic (exact) mass is 285 g/mol. The van der Waals surface area contributed by atoms with Crippen LogP contribution < -0.4 is 0 Å². The van der Waals surface area contributed by atoms with Crippen LogP contribution in [0.4, 0.5) is 4.39 Å². The first-order valence-electron chi connectivity index (χ1n) is 4.84. The summed E-state index contributed by atoms with van der Waals surface area (Å²) in [7, 11) is 0. The number of carbonyl (C=O) groups is 1. The van der Waals surface area contributed by atoms with Gasteiger partial charge in [0.25, 0.3) is 0 Å². The number of aromatic carboxylic acids is 1. The Hall–Kier alpha value is -1.65. The predicted molar refractivity (Wildman–Crippen MR) is 66.6 cm³/mol. The van der Waals surface area contributed by atoms with Crippen LogP contribution in [-0.4, -0.2) is 16.1 Å². The van der Waals surface area contributed by atoms with Crippen molar-refractivity contribution in [3.05, 3.63) is 52.0 Å². The van der Waals surface area contributed by atoms with Gasteiger partial charge < -0.3 is 5.11 Å². The van der Waals surface area contributed by atoms with Crippen LogP contribution in [0.15, 0.2) is 30.5 Å². The summed E-state index contributed by atoms with van der Waals surface area (Å²) in [6, 6.07) is 6.08. The minimum atomic E-state index is -1.39. The maximum atomic E-state index is 13.2. The van der Waals surface area contributed by atoms with Gasteiger partial charge in [-0.2, -0.15) is 4.39 Å². The molecule has 0 bridgehead atoms. The van der Waals surface area contributed by atoms with Crippen molar-refractivity contribution < 1.29 is 14.3 Å². The average Bonchev–Trinajstić information content (AvgIpc) is 2.33. The summed E-state index contributed by atoms with van der Waals surface area (Å²) in [4.78, 5) is 14.2. The fraction of sp³-hybridized carbons (Fsp3) is 0. The Morgan fingerprint density at radius 3 is 2.72 bits per heavy atom. The van der Waals surface area contributed by atoms with E-state index in [9.17, 15) is 9.18 Å². The molecule has 2 aromatic rings. The number of nitrogens with zero attached hydrogens (tertiary/aromatic N) is 1. The largest absolute Gasteiger partial charge is 0.478 e. The van der Waals surface area contributed by atoms with Crippen molar-refractivity contribution in [3.63, 3.8) is 0 Å². The molecule has 0 aliphatic heterocycles. The number of halogens is 3. The third kappa shape index (κ3) is 2.30. The van der Waals surface area contributed by atoms with Crippen molar-refractivity contribution >= 4 is 29.2 Å². The molecule has 0 amide bonds. The van der Waals surface area contributed by atoms with Crippen LogP contribution in [0, 0.1) is 5.95 Å². The molecule has 0 unspecified atom stereocenters. The van der Waals surface area contributed by atoms with Crippen LogP contribution in [0.25, 0.3) is 11.1 Å². The highest BCUT2D eigenvalue weighted by Crippen LogP contribution is 2.33. The number of rotatable bonds is 2. The Labute approximate surface area is 112 Å². The van der Waals surface area contributed by atoms with E-state index in [1.54, 1.807) is 18.2 Å². The fourth-order valence-electron chi connectivity index (χ4n) is 1.47. The van der Waals surface area contributed by atoms with Gasteiger partial charge in [0, 0.05) is 17.3 Å². The van der Waals surface area contributed by atoms with Gasteiger partial charge in [0.15, 0.2) is 0 Å². The molecule has 3 nitrogen and oxygen atoms in total. The zero-order valence-electron chi connectivity index (χ0n) is 8.82. The van der Waals surface area contributed by atoms with Crippen LogP contribution in [0.5, 0.6) is 0 Å². The van der Waals surface area contributed by atoms with E-state index in [1.807, 2.05) is 0 Å². The summed E-state index contributed by atoms with van der Waals surface area (Å²) in [5.41, 5.74) is 0.379. The number of pyridine rings is 1. The number of hydrogen-bond acceptors (Lipinski definition) is 2. The van der Waals surface area contributed by atoms with E-state index in [2.05, 4.69) is 4.98 Å². The van der Waals surface area contributed by atoms with Gasteiger partial charge in [-0.1, -0.05) is 35.3 Å². The van der Waals surface area contributed by atoms with Gasteiger partial charge >= 0.3 is 5.97 Å². The number of aromatic nitrogens is 1. The molecule has 0 atom stereocenters. The Morgan fingerprint density at radius 2 is 2.06 bits per heavy atom. The minimum absolute atomic E-state index is 0.268. The van der Waals surface area contributed by atoms with Crippen LogP contribution >= 0.6 is 23.2 Å². The maximum absolute atomic E-state index is 13.2. The molecule has 0 saturated heterocycles. The first-order valence-corrected chi connectivity index (χ1v) is 5.59. The van der Waals surface area contributed by atoms with Gasteiger partial charge in [-0.15, -0.1) is 0 Å². The zero-order chi connectivity index (χ0) is 13.3. The molecule has 2 rings (SSSR count). The number of hydrogen-bond donors (Lipinski definition) is 1. The molecule has 1 N–H and O–H groups in total. The maximum Gasteiger partial charge on any atom is 0.340 e. The molecule has 0 saturated carbocycles. The van der Waals surface area contributed by atoms with E-state index in [-0.39, 0.29) is 5.02 Å². The lowest BCUT2D eigenvalue weighted by Crippen LogP contribution is -2.03. The fourth-order valence-corrected chi connectivity index (χ4v) is 1.88. The Kier molecular flexibility index (Phi) is 3.50. The van der Waals surface area contributed by atoms with Gasteiger partial charge in [-0.05, 0) is 12.1 Å². The van der Waals surface area contributed by atoms with Gasteiger partial charge in [0.05, 0.1) is 10.0 Å². The SMILES string of the molecule is O=C(O)c1cc(-c2cccc(Cl)c2Cl)cnc1F. The minimum Gasteiger partial charge on any atom is -0.478 e. The van der Waals surface area contributed by atoms with Gasteiger partial charge in [0.2, 0.25) is 5.95 Å². The van der Waals surface area contributed by atoms with E-state index in [0.29, 0.717) is 16.1 Å². The molecule has 6 heteroatoms. The summed E-state index contributed by atoms with van der Waals surface area (Å²) < 4.78 is 13.2. The molecule has 1 aromatic carbocycles. The second-order valence-electron chi connectivity index (χ2n) is 3.47. The molecule has 1 aromatic heterocycles. The van der Waals surface area contributed by atoms with Gasteiger partial charge in [-0.25, -0.2) is 9.78 Å². The van der Waals surface area contributed by atoms with E-state index < -0.39 is 17.5 Å². The quantitative estimate of drug-likeness (QED) is 0.852. The summed E-state index contributed by atoms with van der Waals surface area (Å²) in [5, 5.41) is 9.42. The Bertz CT molecular complexity index is 631. The first-order chi connectivity index (χ1) is 8.50. The second kappa shape index (κ2) is 4.92. The third-order valence-corrected chi connectivity index (χ3v) is 3.15. The number of carboxylic acids is 1. The number of benzene rings is 1. The lowest BCUT2D eigenvalue weighted by Gasteiger charge is -2.06. The smallest absolute Gasteiger partial charge is 0.340 e. The first kappa shape index (κ1) is 12.8. The molecule has 0 aliphatic carbocycles. The predicted octanol–water partition coefficient (Wildman–Crippen LogP) is 3.89. The van der Waals surface area contributed by atoms with Crippen LogP contribution in [0.1, 0.15) is 10.4 Å².